The third-order valence-electron chi connectivity index (χ3n) is 1.70. The molecule has 0 bridgehead atoms. The largest absolute Gasteiger partial charge is 0.481 e. The van der Waals surface area contributed by atoms with E-state index in [-0.39, 0.29) is 0 Å². The molecule has 72 valence electrons. The molecule has 0 spiro atoms. The van der Waals surface area contributed by atoms with Gasteiger partial charge in [0.05, 0.1) is 12.0 Å². The minimum Gasteiger partial charge on any atom is -0.481 e. The van der Waals surface area contributed by atoms with Crippen molar-refractivity contribution >= 4 is 17.7 Å². The molecule has 0 aliphatic rings. The van der Waals surface area contributed by atoms with Gasteiger partial charge in [-0.05, 0) is 24.9 Å². The van der Waals surface area contributed by atoms with E-state index in [1.54, 1.807) is 18.7 Å². The Morgan fingerprint density at radius 3 is 2.58 bits per heavy atom. The Labute approximate surface area is 77.2 Å². The number of carboxylic acids is 1. The predicted octanol–water partition coefficient (Wildman–Crippen LogP) is 1.21. The molecule has 0 saturated carbocycles. The Hall–Kier alpha value is -0.220. The molecule has 0 aromatic carbocycles. The number of thioether (sulfide) groups is 1. The SMILES string of the molecule is CSCCC(O)CC(C)C(=O)O. The highest BCUT2D eigenvalue weighted by Crippen LogP contribution is 2.10. The van der Waals surface area contributed by atoms with Crippen LogP contribution >= 0.6 is 11.8 Å². The van der Waals surface area contributed by atoms with Gasteiger partial charge in [0.25, 0.3) is 0 Å². The van der Waals surface area contributed by atoms with E-state index in [2.05, 4.69) is 0 Å². The minimum atomic E-state index is -0.835. The van der Waals surface area contributed by atoms with Gasteiger partial charge in [0.15, 0.2) is 0 Å². The first-order chi connectivity index (χ1) is 5.57. The van der Waals surface area contributed by atoms with Gasteiger partial charge in [0.2, 0.25) is 0 Å². The van der Waals surface area contributed by atoms with Crippen LogP contribution in [-0.2, 0) is 4.79 Å². The van der Waals surface area contributed by atoms with E-state index < -0.39 is 18.0 Å². The molecule has 0 aliphatic carbocycles. The van der Waals surface area contributed by atoms with Crippen LogP contribution in [0.25, 0.3) is 0 Å². The predicted molar refractivity (Wildman–Crippen MR) is 50.4 cm³/mol. The number of aliphatic hydroxyl groups is 1. The van der Waals surface area contributed by atoms with Crippen molar-refractivity contribution in [2.24, 2.45) is 5.92 Å². The Kier molecular flexibility index (Phi) is 6.20. The second kappa shape index (κ2) is 6.31. The molecule has 2 atom stereocenters. The van der Waals surface area contributed by atoms with E-state index in [4.69, 9.17) is 5.11 Å². The third-order valence-corrected chi connectivity index (χ3v) is 2.35. The number of hydrogen-bond acceptors (Lipinski definition) is 3. The van der Waals surface area contributed by atoms with Crippen LogP contribution < -0.4 is 0 Å². The lowest BCUT2D eigenvalue weighted by Gasteiger charge is -2.11. The Bertz CT molecular complexity index is 138. The molecular formula is C8H16O3S. The molecule has 3 nitrogen and oxygen atoms in total. The number of carbonyl (C=O) groups is 1. The summed E-state index contributed by atoms with van der Waals surface area (Å²) in [6.45, 7) is 1.62. The molecule has 0 fully saturated rings. The third kappa shape index (κ3) is 5.43. The molecule has 2 unspecified atom stereocenters. The molecule has 4 heteroatoms. The van der Waals surface area contributed by atoms with Crippen LogP contribution in [0.4, 0.5) is 0 Å². The molecule has 0 aromatic rings. The van der Waals surface area contributed by atoms with Crippen molar-refractivity contribution < 1.29 is 15.0 Å². The van der Waals surface area contributed by atoms with E-state index in [1.165, 1.54) is 0 Å². The normalized spacial score (nSPS) is 15.6. The van der Waals surface area contributed by atoms with Gasteiger partial charge in [-0.2, -0.15) is 11.8 Å². The fourth-order valence-electron chi connectivity index (χ4n) is 0.881. The maximum Gasteiger partial charge on any atom is 0.306 e. The first kappa shape index (κ1) is 11.8. The first-order valence-electron chi connectivity index (χ1n) is 3.97. The number of rotatable bonds is 6. The summed E-state index contributed by atoms with van der Waals surface area (Å²) in [6.07, 6.45) is 2.53. The summed E-state index contributed by atoms with van der Waals surface area (Å²) in [5, 5.41) is 17.9. The Morgan fingerprint density at radius 2 is 2.17 bits per heavy atom. The quantitative estimate of drug-likeness (QED) is 0.664. The highest BCUT2D eigenvalue weighted by atomic mass is 32.2. The van der Waals surface area contributed by atoms with Crippen LogP contribution in [0.5, 0.6) is 0 Å². The van der Waals surface area contributed by atoms with Gasteiger partial charge in [-0.3, -0.25) is 4.79 Å². The molecule has 2 N–H and O–H groups in total. The van der Waals surface area contributed by atoms with Gasteiger partial charge in [-0.15, -0.1) is 0 Å². The van der Waals surface area contributed by atoms with Crippen LogP contribution in [0.15, 0.2) is 0 Å². The van der Waals surface area contributed by atoms with E-state index in [0.717, 1.165) is 5.75 Å². The topological polar surface area (TPSA) is 57.5 Å². The van der Waals surface area contributed by atoms with E-state index in [1.807, 2.05) is 6.26 Å². The molecule has 0 rings (SSSR count). The minimum absolute atomic E-state index is 0.357. The average molecular weight is 192 g/mol. The van der Waals surface area contributed by atoms with Gasteiger partial charge < -0.3 is 10.2 Å². The molecule has 0 heterocycles. The summed E-state index contributed by atoms with van der Waals surface area (Å²) in [5.74, 6) is -0.395. The van der Waals surface area contributed by atoms with E-state index in [0.29, 0.717) is 12.8 Å². The lowest BCUT2D eigenvalue weighted by atomic mass is 10.0. The van der Waals surface area contributed by atoms with Gasteiger partial charge in [-0.1, -0.05) is 6.92 Å². The zero-order chi connectivity index (χ0) is 9.56. The summed E-state index contributed by atoms with van der Waals surface area (Å²) in [7, 11) is 0. The van der Waals surface area contributed by atoms with Crippen LogP contribution in [0.2, 0.25) is 0 Å². The van der Waals surface area contributed by atoms with Crippen molar-refractivity contribution in [3.63, 3.8) is 0 Å². The maximum atomic E-state index is 10.4. The van der Waals surface area contributed by atoms with Crippen molar-refractivity contribution in [3.8, 4) is 0 Å². The van der Waals surface area contributed by atoms with Crippen molar-refractivity contribution in [2.75, 3.05) is 12.0 Å². The van der Waals surface area contributed by atoms with Gasteiger partial charge in [0, 0.05) is 0 Å². The molecule has 12 heavy (non-hydrogen) atoms. The van der Waals surface area contributed by atoms with Crippen molar-refractivity contribution in [2.45, 2.75) is 25.9 Å². The highest BCUT2D eigenvalue weighted by Gasteiger charge is 2.15. The fourth-order valence-corrected chi connectivity index (χ4v) is 1.39. The number of aliphatic carboxylic acids is 1. The fraction of sp³-hybridized carbons (Fsp3) is 0.875. The average Bonchev–Trinajstić information content (AvgIpc) is 2.00. The van der Waals surface area contributed by atoms with Crippen molar-refractivity contribution in [1.29, 1.82) is 0 Å². The van der Waals surface area contributed by atoms with Gasteiger partial charge >= 0.3 is 5.97 Å². The summed E-state index contributed by atoms with van der Waals surface area (Å²) in [5.41, 5.74) is 0. The van der Waals surface area contributed by atoms with Crippen LogP contribution in [-0.4, -0.2) is 34.3 Å². The summed E-state index contributed by atoms with van der Waals surface area (Å²) < 4.78 is 0. The number of aliphatic hydroxyl groups excluding tert-OH is 1. The number of hydrogen-bond donors (Lipinski definition) is 2. The monoisotopic (exact) mass is 192 g/mol. The zero-order valence-electron chi connectivity index (χ0n) is 7.49. The zero-order valence-corrected chi connectivity index (χ0v) is 8.30. The molecule has 0 amide bonds. The lowest BCUT2D eigenvalue weighted by molar-refractivity contribution is -0.142. The molecule has 0 aliphatic heterocycles. The second-order valence-electron chi connectivity index (χ2n) is 2.91. The molecular weight excluding hydrogens is 176 g/mol. The van der Waals surface area contributed by atoms with Crippen molar-refractivity contribution in [1.82, 2.24) is 0 Å². The van der Waals surface area contributed by atoms with Gasteiger partial charge in [0.1, 0.15) is 0 Å². The van der Waals surface area contributed by atoms with Crippen molar-refractivity contribution in [3.05, 3.63) is 0 Å². The Morgan fingerprint density at radius 1 is 1.58 bits per heavy atom. The lowest BCUT2D eigenvalue weighted by Crippen LogP contribution is -2.18. The summed E-state index contributed by atoms with van der Waals surface area (Å²) in [6, 6.07) is 0. The summed E-state index contributed by atoms with van der Waals surface area (Å²) >= 11 is 1.66. The van der Waals surface area contributed by atoms with Crippen LogP contribution in [0.1, 0.15) is 19.8 Å². The van der Waals surface area contributed by atoms with Gasteiger partial charge in [-0.25, -0.2) is 0 Å². The standard InChI is InChI=1S/C8H16O3S/c1-6(8(10)11)5-7(9)3-4-12-2/h6-7,9H,3-5H2,1-2H3,(H,10,11). The Balaban J connectivity index is 3.53. The second-order valence-corrected chi connectivity index (χ2v) is 3.90. The number of carboxylic acid groups (broad SMARTS) is 1. The molecule has 0 saturated heterocycles. The summed E-state index contributed by atoms with van der Waals surface area (Å²) in [4.78, 5) is 10.4. The van der Waals surface area contributed by atoms with E-state index in [9.17, 15) is 9.90 Å². The maximum absolute atomic E-state index is 10.4. The van der Waals surface area contributed by atoms with Crippen LogP contribution in [0, 0.1) is 5.92 Å². The molecule has 0 aromatic heterocycles. The van der Waals surface area contributed by atoms with E-state index >= 15 is 0 Å². The first-order valence-corrected chi connectivity index (χ1v) is 5.37. The highest BCUT2D eigenvalue weighted by molar-refractivity contribution is 7.98. The van der Waals surface area contributed by atoms with Crippen LogP contribution in [0.3, 0.4) is 0 Å². The smallest absolute Gasteiger partial charge is 0.306 e. The molecule has 0 radical (unpaired) electrons.